The van der Waals surface area contributed by atoms with Gasteiger partial charge in [0.2, 0.25) is 0 Å². The molecule has 3 N–H and O–H groups in total. The first kappa shape index (κ1) is 16.8. The Balaban J connectivity index is 1.52. The van der Waals surface area contributed by atoms with Gasteiger partial charge in [0.1, 0.15) is 5.82 Å². The van der Waals surface area contributed by atoms with Crippen LogP contribution in [0.25, 0.3) is 0 Å². The van der Waals surface area contributed by atoms with Crippen LogP contribution in [-0.2, 0) is 6.54 Å². The molecule has 1 aliphatic rings. The fourth-order valence-electron chi connectivity index (χ4n) is 2.97. The maximum absolute atomic E-state index is 11.8. The van der Waals surface area contributed by atoms with Crippen molar-refractivity contribution in [3.05, 3.63) is 18.2 Å². The number of imidazole rings is 1. The van der Waals surface area contributed by atoms with E-state index >= 15 is 0 Å². The van der Waals surface area contributed by atoms with Crippen molar-refractivity contribution in [2.45, 2.75) is 58.0 Å². The Kier molecular flexibility index (Phi) is 6.71. The highest BCUT2D eigenvalue weighted by Crippen LogP contribution is 2.23. The molecule has 1 aromatic heterocycles. The van der Waals surface area contributed by atoms with Crippen LogP contribution in [0, 0.1) is 12.8 Å². The van der Waals surface area contributed by atoms with Gasteiger partial charge in [-0.05, 0) is 51.4 Å². The molecule has 0 bridgehead atoms. The lowest BCUT2D eigenvalue weighted by atomic mass is 9.87. The molecule has 2 rings (SSSR count). The minimum absolute atomic E-state index is 0.0636. The van der Waals surface area contributed by atoms with Crippen LogP contribution in [0.3, 0.4) is 0 Å². The van der Waals surface area contributed by atoms with Crippen LogP contribution >= 0.6 is 0 Å². The molecule has 6 nitrogen and oxygen atoms in total. The third-order valence-electron chi connectivity index (χ3n) is 4.48. The van der Waals surface area contributed by atoms with Gasteiger partial charge in [0.25, 0.3) is 0 Å². The summed E-state index contributed by atoms with van der Waals surface area (Å²) in [6.07, 6.45) is 9.74. The van der Waals surface area contributed by atoms with Crippen molar-refractivity contribution in [1.29, 1.82) is 0 Å². The van der Waals surface area contributed by atoms with E-state index in [-0.39, 0.29) is 18.7 Å². The van der Waals surface area contributed by atoms with E-state index in [0.717, 1.165) is 50.9 Å². The zero-order chi connectivity index (χ0) is 15.8. The van der Waals surface area contributed by atoms with Gasteiger partial charge in [-0.1, -0.05) is 0 Å². The van der Waals surface area contributed by atoms with Gasteiger partial charge in [-0.3, -0.25) is 0 Å². The van der Waals surface area contributed by atoms with E-state index in [2.05, 4.69) is 20.2 Å². The van der Waals surface area contributed by atoms with Crippen molar-refractivity contribution >= 4 is 6.03 Å². The normalized spacial score (nSPS) is 21.5. The standard InChI is InChI=1S/C16H28N4O2/c1-13-17-9-11-20(13)10-3-2-8-18-16(22)19-15-6-4-14(12-21)5-7-15/h9,11,14-15,21H,2-8,10,12H2,1H3,(H2,18,19,22). The third-order valence-corrected chi connectivity index (χ3v) is 4.48. The number of aliphatic hydroxyl groups is 1. The van der Waals surface area contributed by atoms with E-state index in [9.17, 15) is 4.79 Å². The number of amides is 2. The molecule has 0 unspecified atom stereocenters. The van der Waals surface area contributed by atoms with Crippen LogP contribution in [0.15, 0.2) is 12.4 Å². The summed E-state index contributed by atoms with van der Waals surface area (Å²) in [5.41, 5.74) is 0. The minimum Gasteiger partial charge on any atom is -0.396 e. The average molecular weight is 308 g/mol. The maximum Gasteiger partial charge on any atom is 0.315 e. The van der Waals surface area contributed by atoms with Gasteiger partial charge in [-0.15, -0.1) is 0 Å². The summed E-state index contributed by atoms with van der Waals surface area (Å²) < 4.78 is 2.12. The van der Waals surface area contributed by atoms with Crippen molar-refractivity contribution in [1.82, 2.24) is 20.2 Å². The highest BCUT2D eigenvalue weighted by Gasteiger charge is 2.21. The summed E-state index contributed by atoms with van der Waals surface area (Å²) in [6, 6.07) is 0.197. The fourth-order valence-corrected chi connectivity index (χ4v) is 2.97. The molecule has 1 aromatic rings. The number of urea groups is 1. The molecule has 0 aliphatic heterocycles. The first-order chi connectivity index (χ1) is 10.7. The second kappa shape index (κ2) is 8.78. The SMILES string of the molecule is Cc1nccn1CCCCNC(=O)NC1CCC(CO)CC1. The largest absolute Gasteiger partial charge is 0.396 e. The Morgan fingerprint density at radius 3 is 2.77 bits per heavy atom. The van der Waals surface area contributed by atoms with Crippen LogP contribution < -0.4 is 10.6 Å². The molecule has 2 amide bonds. The number of carbonyl (C=O) groups is 1. The highest BCUT2D eigenvalue weighted by molar-refractivity contribution is 5.74. The number of carbonyl (C=O) groups excluding carboxylic acids is 1. The predicted octanol–water partition coefficient (Wildman–Crippen LogP) is 1.82. The Labute approximate surface area is 132 Å². The topological polar surface area (TPSA) is 79.2 Å². The minimum atomic E-state index is -0.0636. The molecule has 1 aliphatic carbocycles. The molecule has 22 heavy (non-hydrogen) atoms. The summed E-state index contributed by atoms with van der Waals surface area (Å²) in [5, 5.41) is 15.1. The zero-order valence-electron chi connectivity index (χ0n) is 13.4. The van der Waals surface area contributed by atoms with Gasteiger partial charge in [0.15, 0.2) is 0 Å². The lowest BCUT2D eigenvalue weighted by Gasteiger charge is -2.27. The fraction of sp³-hybridized carbons (Fsp3) is 0.750. The van der Waals surface area contributed by atoms with Gasteiger partial charge < -0.3 is 20.3 Å². The number of aromatic nitrogens is 2. The van der Waals surface area contributed by atoms with Crippen LogP contribution in [0.1, 0.15) is 44.3 Å². The Hall–Kier alpha value is -1.56. The number of unbranched alkanes of at least 4 members (excludes halogenated alkanes) is 1. The van der Waals surface area contributed by atoms with Crippen LogP contribution in [0.2, 0.25) is 0 Å². The van der Waals surface area contributed by atoms with Gasteiger partial charge in [-0.25, -0.2) is 9.78 Å². The molecule has 1 fully saturated rings. The van der Waals surface area contributed by atoms with Crippen molar-refractivity contribution < 1.29 is 9.90 Å². The summed E-state index contributed by atoms with van der Waals surface area (Å²) >= 11 is 0. The van der Waals surface area contributed by atoms with Crippen LogP contribution in [-0.4, -0.2) is 39.9 Å². The molecule has 1 heterocycles. The summed E-state index contributed by atoms with van der Waals surface area (Å²) in [4.78, 5) is 16.0. The van der Waals surface area contributed by atoms with E-state index < -0.39 is 0 Å². The average Bonchev–Trinajstić information content (AvgIpc) is 2.93. The van der Waals surface area contributed by atoms with E-state index in [0.29, 0.717) is 12.5 Å². The summed E-state index contributed by atoms with van der Waals surface area (Å²) in [7, 11) is 0. The highest BCUT2D eigenvalue weighted by atomic mass is 16.3. The predicted molar refractivity (Wildman–Crippen MR) is 85.6 cm³/mol. The Morgan fingerprint density at radius 1 is 1.36 bits per heavy atom. The first-order valence-electron chi connectivity index (χ1n) is 8.32. The molecular formula is C16H28N4O2. The van der Waals surface area contributed by atoms with Crippen LogP contribution in [0.5, 0.6) is 0 Å². The lowest BCUT2D eigenvalue weighted by molar-refractivity contribution is 0.174. The molecular weight excluding hydrogens is 280 g/mol. The molecule has 0 radical (unpaired) electrons. The Morgan fingerprint density at radius 2 is 2.14 bits per heavy atom. The molecule has 6 heteroatoms. The first-order valence-corrected chi connectivity index (χ1v) is 8.32. The van der Waals surface area contributed by atoms with E-state index in [1.54, 1.807) is 0 Å². The second-order valence-electron chi connectivity index (χ2n) is 6.18. The third kappa shape index (κ3) is 5.33. The number of nitrogens with one attached hydrogen (secondary N) is 2. The van der Waals surface area contributed by atoms with Crippen LogP contribution in [0.4, 0.5) is 4.79 Å². The van der Waals surface area contributed by atoms with Gasteiger partial charge in [0.05, 0.1) is 0 Å². The van der Waals surface area contributed by atoms with E-state index in [4.69, 9.17) is 5.11 Å². The van der Waals surface area contributed by atoms with Crippen molar-refractivity contribution in [3.63, 3.8) is 0 Å². The van der Waals surface area contributed by atoms with Gasteiger partial charge in [-0.2, -0.15) is 0 Å². The number of rotatable bonds is 7. The monoisotopic (exact) mass is 308 g/mol. The maximum atomic E-state index is 11.8. The number of aryl methyl sites for hydroxylation is 2. The number of nitrogens with zero attached hydrogens (tertiary/aromatic N) is 2. The van der Waals surface area contributed by atoms with Gasteiger partial charge >= 0.3 is 6.03 Å². The van der Waals surface area contributed by atoms with Crippen molar-refractivity contribution in [2.75, 3.05) is 13.2 Å². The quantitative estimate of drug-likeness (QED) is 0.672. The molecule has 124 valence electrons. The summed E-state index contributed by atoms with van der Waals surface area (Å²) in [6.45, 7) is 3.92. The van der Waals surface area contributed by atoms with Gasteiger partial charge in [0, 0.05) is 38.1 Å². The molecule has 0 aromatic carbocycles. The smallest absolute Gasteiger partial charge is 0.315 e. The second-order valence-corrected chi connectivity index (χ2v) is 6.18. The molecule has 1 saturated carbocycles. The van der Waals surface area contributed by atoms with Crippen molar-refractivity contribution in [2.24, 2.45) is 5.92 Å². The molecule has 0 spiro atoms. The number of hydrogen-bond donors (Lipinski definition) is 3. The lowest BCUT2D eigenvalue weighted by Crippen LogP contribution is -2.44. The number of hydrogen-bond acceptors (Lipinski definition) is 3. The Bertz CT molecular complexity index is 453. The molecule has 0 atom stereocenters. The summed E-state index contributed by atoms with van der Waals surface area (Å²) in [5.74, 6) is 1.46. The molecule has 0 saturated heterocycles. The van der Waals surface area contributed by atoms with E-state index in [1.807, 2.05) is 19.3 Å². The van der Waals surface area contributed by atoms with Crippen molar-refractivity contribution in [3.8, 4) is 0 Å². The number of aliphatic hydroxyl groups excluding tert-OH is 1. The van der Waals surface area contributed by atoms with E-state index in [1.165, 1.54) is 0 Å². The zero-order valence-corrected chi connectivity index (χ0v) is 13.4.